The van der Waals surface area contributed by atoms with Gasteiger partial charge in [0.25, 0.3) is 11.8 Å². The molecule has 8 nitrogen and oxygen atoms in total. The van der Waals surface area contributed by atoms with Crippen LogP contribution in [0, 0.1) is 11.6 Å². The minimum absolute atomic E-state index is 0.103. The van der Waals surface area contributed by atoms with Crippen molar-refractivity contribution in [2.45, 2.75) is 0 Å². The standard InChI is InChI=1S/C25H16F2N4O4S/c1-35-16-4-2-3-15(12-16)31-24(34)21(10-13-5-8-20(32)18(27)9-13)36-25(31)30-29-22-17-11-14(26)6-7-19(17)28-23(22)33/h2-12,32H,1H3,(H,28,29,33). The highest BCUT2D eigenvalue weighted by Gasteiger charge is 2.36. The number of methoxy groups -OCH3 is 1. The Labute approximate surface area is 207 Å². The Bertz CT molecular complexity index is 1520. The molecule has 0 spiro atoms. The Morgan fingerprint density at radius 1 is 1.06 bits per heavy atom. The summed E-state index contributed by atoms with van der Waals surface area (Å²) in [6.45, 7) is 0. The number of hydrogen-bond acceptors (Lipinski definition) is 7. The zero-order valence-electron chi connectivity index (χ0n) is 18.5. The number of fused-ring (bicyclic) bond motifs is 1. The lowest BCUT2D eigenvalue weighted by Crippen LogP contribution is -2.28. The van der Waals surface area contributed by atoms with Crippen LogP contribution in [-0.2, 0) is 9.59 Å². The SMILES string of the molecule is COc1cccc(N2C(=O)C(=Cc3ccc(O)c(F)c3)SC2=NN=C2C(=O)Nc3ccc(F)cc32)c1. The second-order valence-electron chi connectivity index (χ2n) is 7.64. The number of phenolic OH excluding ortho intramolecular Hbond substituents is 1. The fraction of sp³-hybridized carbons (Fsp3) is 0.0400. The van der Waals surface area contributed by atoms with Crippen molar-refractivity contribution < 1.29 is 28.2 Å². The molecule has 1 fully saturated rings. The van der Waals surface area contributed by atoms with Gasteiger partial charge in [-0.1, -0.05) is 12.1 Å². The number of amidine groups is 1. The summed E-state index contributed by atoms with van der Waals surface area (Å²) < 4.78 is 32.9. The molecule has 36 heavy (non-hydrogen) atoms. The summed E-state index contributed by atoms with van der Waals surface area (Å²) in [6, 6.07) is 14.2. The largest absolute Gasteiger partial charge is 0.505 e. The maximum Gasteiger partial charge on any atom is 0.276 e. The van der Waals surface area contributed by atoms with Gasteiger partial charge in [-0.15, -0.1) is 10.2 Å². The van der Waals surface area contributed by atoms with E-state index in [1.807, 2.05) is 0 Å². The number of carbonyl (C=O) groups excluding carboxylic acids is 2. The van der Waals surface area contributed by atoms with Crippen LogP contribution in [0.5, 0.6) is 11.5 Å². The first-order chi connectivity index (χ1) is 17.3. The number of nitrogens with zero attached hydrogens (tertiary/aromatic N) is 3. The highest BCUT2D eigenvalue weighted by atomic mass is 32.2. The lowest BCUT2D eigenvalue weighted by atomic mass is 10.1. The third-order valence-electron chi connectivity index (χ3n) is 5.32. The minimum atomic E-state index is -0.831. The fourth-order valence-corrected chi connectivity index (χ4v) is 4.53. The molecule has 1 saturated heterocycles. The Morgan fingerprint density at radius 2 is 1.89 bits per heavy atom. The fourth-order valence-electron chi connectivity index (χ4n) is 3.60. The number of thioether (sulfide) groups is 1. The van der Waals surface area contributed by atoms with Gasteiger partial charge in [-0.2, -0.15) is 0 Å². The molecular formula is C25H16F2N4O4S. The van der Waals surface area contributed by atoms with Gasteiger partial charge in [0.1, 0.15) is 11.6 Å². The van der Waals surface area contributed by atoms with Crippen molar-refractivity contribution in [2.24, 2.45) is 10.2 Å². The van der Waals surface area contributed by atoms with Crippen molar-refractivity contribution in [3.63, 3.8) is 0 Å². The number of phenols is 1. The molecule has 2 aliphatic rings. The topological polar surface area (TPSA) is 104 Å². The highest BCUT2D eigenvalue weighted by molar-refractivity contribution is 8.19. The molecule has 0 unspecified atom stereocenters. The van der Waals surface area contributed by atoms with Gasteiger partial charge in [-0.05, 0) is 65.9 Å². The summed E-state index contributed by atoms with van der Waals surface area (Å²) in [4.78, 5) is 27.3. The maximum atomic E-state index is 13.8. The van der Waals surface area contributed by atoms with Gasteiger partial charge < -0.3 is 15.2 Å². The highest BCUT2D eigenvalue weighted by Crippen LogP contribution is 2.37. The third-order valence-corrected chi connectivity index (χ3v) is 6.28. The Balaban J connectivity index is 1.59. The summed E-state index contributed by atoms with van der Waals surface area (Å²) in [6.07, 6.45) is 1.45. The van der Waals surface area contributed by atoms with Crippen LogP contribution in [0.1, 0.15) is 11.1 Å². The molecule has 0 bridgehead atoms. The molecule has 3 aromatic rings. The van der Waals surface area contributed by atoms with E-state index in [0.717, 1.165) is 17.8 Å². The van der Waals surface area contributed by atoms with E-state index >= 15 is 0 Å². The molecule has 0 saturated carbocycles. The Kier molecular flexibility index (Phi) is 5.98. The number of rotatable bonds is 4. The molecule has 2 heterocycles. The molecule has 0 radical (unpaired) electrons. The van der Waals surface area contributed by atoms with E-state index in [1.54, 1.807) is 24.3 Å². The number of carbonyl (C=O) groups is 2. The smallest absolute Gasteiger partial charge is 0.276 e. The molecule has 11 heteroatoms. The quantitative estimate of drug-likeness (QED) is 0.400. The van der Waals surface area contributed by atoms with E-state index in [0.29, 0.717) is 22.7 Å². The minimum Gasteiger partial charge on any atom is -0.505 e. The van der Waals surface area contributed by atoms with Gasteiger partial charge in [0.15, 0.2) is 17.3 Å². The van der Waals surface area contributed by atoms with Crippen molar-refractivity contribution in [1.29, 1.82) is 0 Å². The van der Waals surface area contributed by atoms with Crippen LogP contribution in [0.25, 0.3) is 6.08 Å². The van der Waals surface area contributed by atoms with Gasteiger partial charge in [-0.3, -0.25) is 14.5 Å². The lowest BCUT2D eigenvalue weighted by molar-refractivity contribution is -0.113. The van der Waals surface area contributed by atoms with Crippen LogP contribution in [0.3, 0.4) is 0 Å². The van der Waals surface area contributed by atoms with E-state index in [-0.39, 0.29) is 21.3 Å². The van der Waals surface area contributed by atoms with Crippen molar-refractivity contribution in [2.75, 3.05) is 17.3 Å². The number of ether oxygens (including phenoxy) is 1. The number of anilines is 2. The number of benzene rings is 3. The van der Waals surface area contributed by atoms with Gasteiger partial charge in [0, 0.05) is 11.6 Å². The predicted molar refractivity (Wildman–Crippen MR) is 133 cm³/mol. The zero-order valence-corrected chi connectivity index (χ0v) is 19.3. The Hall–Kier alpha value is -4.51. The average molecular weight is 506 g/mol. The van der Waals surface area contributed by atoms with Crippen molar-refractivity contribution in [3.05, 3.63) is 88.3 Å². The number of aromatic hydroxyl groups is 1. The average Bonchev–Trinajstić information content (AvgIpc) is 3.34. The second kappa shape index (κ2) is 9.27. The van der Waals surface area contributed by atoms with Crippen molar-refractivity contribution >= 4 is 51.9 Å². The number of nitrogens with one attached hydrogen (secondary N) is 1. The van der Waals surface area contributed by atoms with Crippen LogP contribution in [0.15, 0.2) is 75.8 Å². The lowest BCUT2D eigenvalue weighted by Gasteiger charge is -2.15. The van der Waals surface area contributed by atoms with Crippen LogP contribution in [-0.4, -0.2) is 34.9 Å². The summed E-state index contributed by atoms with van der Waals surface area (Å²) in [5, 5.41) is 20.4. The number of amides is 2. The molecule has 2 N–H and O–H groups in total. The summed E-state index contributed by atoms with van der Waals surface area (Å²) in [5.41, 5.74) is 1.32. The molecule has 2 amide bonds. The van der Waals surface area contributed by atoms with E-state index in [4.69, 9.17) is 4.74 Å². The van der Waals surface area contributed by atoms with Crippen LogP contribution < -0.4 is 15.0 Å². The third kappa shape index (κ3) is 4.31. The summed E-state index contributed by atoms with van der Waals surface area (Å²) >= 11 is 0.958. The van der Waals surface area contributed by atoms with Gasteiger partial charge in [-0.25, -0.2) is 8.78 Å². The monoisotopic (exact) mass is 506 g/mol. The van der Waals surface area contributed by atoms with Gasteiger partial charge >= 0.3 is 0 Å². The summed E-state index contributed by atoms with van der Waals surface area (Å²) in [7, 11) is 1.49. The van der Waals surface area contributed by atoms with E-state index in [9.17, 15) is 23.5 Å². The van der Waals surface area contributed by atoms with Gasteiger partial charge in [0.05, 0.1) is 23.4 Å². The molecular weight excluding hydrogens is 490 g/mol. The second-order valence-corrected chi connectivity index (χ2v) is 8.65. The van der Waals surface area contributed by atoms with Gasteiger partial charge in [0.2, 0.25) is 5.17 Å². The summed E-state index contributed by atoms with van der Waals surface area (Å²) in [5.74, 6) is -2.41. The normalized spacial score (nSPS) is 18.3. The van der Waals surface area contributed by atoms with Crippen molar-refractivity contribution in [3.8, 4) is 11.5 Å². The van der Waals surface area contributed by atoms with Crippen LogP contribution in [0.2, 0.25) is 0 Å². The molecule has 0 aliphatic carbocycles. The van der Waals surface area contributed by atoms with Crippen molar-refractivity contribution in [1.82, 2.24) is 0 Å². The number of halogens is 2. The zero-order chi connectivity index (χ0) is 25.4. The molecule has 3 aromatic carbocycles. The molecule has 2 aliphatic heterocycles. The van der Waals surface area contributed by atoms with E-state index < -0.39 is 29.2 Å². The van der Waals surface area contributed by atoms with Crippen LogP contribution in [0.4, 0.5) is 20.2 Å². The first-order valence-electron chi connectivity index (χ1n) is 10.5. The Morgan fingerprint density at radius 3 is 2.67 bits per heavy atom. The molecule has 5 rings (SSSR count). The molecule has 0 aromatic heterocycles. The van der Waals surface area contributed by atoms with E-state index in [2.05, 4.69) is 15.5 Å². The first kappa shape index (κ1) is 23.2. The molecule has 0 atom stereocenters. The maximum absolute atomic E-state index is 13.8. The number of hydrogen-bond donors (Lipinski definition) is 2. The van der Waals surface area contributed by atoms with E-state index in [1.165, 1.54) is 48.4 Å². The predicted octanol–water partition coefficient (Wildman–Crippen LogP) is 4.51. The molecule has 180 valence electrons. The first-order valence-corrected chi connectivity index (χ1v) is 11.3. The van der Waals surface area contributed by atoms with Crippen LogP contribution >= 0.6 is 11.8 Å².